The van der Waals surface area contributed by atoms with Gasteiger partial charge in [0.1, 0.15) is 42.1 Å². The molecule has 1 aliphatic carbocycles. The third kappa shape index (κ3) is 4.43. The monoisotopic (exact) mass is 529 g/mol. The van der Waals surface area contributed by atoms with Crippen molar-refractivity contribution in [3.63, 3.8) is 0 Å². The Balaban J connectivity index is 1.34. The normalized spacial score (nSPS) is 17.7. The summed E-state index contributed by atoms with van der Waals surface area (Å²) in [6.07, 6.45) is 6.31. The van der Waals surface area contributed by atoms with Crippen molar-refractivity contribution < 1.29 is 23.0 Å². The van der Waals surface area contributed by atoms with Crippen molar-refractivity contribution in [1.82, 2.24) is 24.9 Å². The molecule has 39 heavy (non-hydrogen) atoms. The Morgan fingerprint density at radius 2 is 1.87 bits per heavy atom. The first kappa shape index (κ1) is 23.3. The first-order valence-electron chi connectivity index (χ1n) is 12.3. The van der Waals surface area contributed by atoms with Crippen molar-refractivity contribution in [1.29, 1.82) is 0 Å². The van der Waals surface area contributed by atoms with E-state index in [0.717, 1.165) is 27.6 Å². The van der Waals surface area contributed by atoms with Crippen LogP contribution in [0.1, 0.15) is 12.0 Å². The second-order valence-electron chi connectivity index (χ2n) is 9.49. The van der Waals surface area contributed by atoms with E-state index in [4.69, 9.17) is 9.47 Å². The van der Waals surface area contributed by atoms with Crippen LogP contribution in [0, 0.1) is 5.92 Å². The largest absolute Gasteiger partial charge is 0.488 e. The van der Waals surface area contributed by atoms with Crippen LogP contribution in [0.25, 0.3) is 33.1 Å². The highest BCUT2D eigenvalue weighted by molar-refractivity contribution is 6.04. The molecule has 7 rings (SSSR count). The third-order valence-corrected chi connectivity index (χ3v) is 6.73. The number of anilines is 2. The van der Waals surface area contributed by atoms with Crippen molar-refractivity contribution in [3.8, 4) is 22.6 Å². The molecule has 5 aromatic rings. The number of carbonyl (C=O) groups excluding carboxylic acids is 1. The molecule has 2 aliphatic rings. The number of aromatic nitrogens is 5. The maximum Gasteiger partial charge on any atom is 0.260 e. The summed E-state index contributed by atoms with van der Waals surface area (Å²) in [4.78, 5) is 33.2. The number of carbonyl (C=O) groups is 1. The fourth-order valence-corrected chi connectivity index (χ4v) is 4.64. The number of aromatic amines is 1. The van der Waals surface area contributed by atoms with Gasteiger partial charge in [0.2, 0.25) is 11.9 Å². The summed E-state index contributed by atoms with van der Waals surface area (Å²) in [5.74, 6) is -3.63. The Hall–Kier alpha value is -4.87. The summed E-state index contributed by atoms with van der Waals surface area (Å²) < 4.78 is 38.6. The number of pyridine rings is 2. The number of nitrogens with one attached hydrogen (secondary N) is 3. The van der Waals surface area contributed by atoms with E-state index in [1.165, 1.54) is 0 Å². The molecule has 12 heteroatoms. The molecule has 10 nitrogen and oxygen atoms in total. The number of amides is 1. The van der Waals surface area contributed by atoms with Crippen molar-refractivity contribution in [2.24, 2.45) is 5.92 Å². The fraction of sp³-hybridized carbons (Fsp3) is 0.222. The zero-order valence-electron chi connectivity index (χ0n) is 20.4. The Kier molecular flexibility index (Phi) is 5.28. The zero-order chi connectivity index (χ0) is 26.6. The van der Waals surface area contributed by atoms with Gasteiger partial charge in [0.15, 0.2) is 0 Å². The average Bonchev–Trinajstić information content (AvgIpc) is 3.37. The molecule has 4 aromatic heterocycles. The standard InChI is InChI=1S/C27H21F2N7O3/c28-27(29)8-20(27)25(37)36-26-34-23-22-19(13-33-24(22)35-26)15-1-2-21-16(6-15)7-18(12-31-21)39-4-3-38-17-5-14(10-32-23)9-30-11-17/h1-2,5-7,9,11-13,20H,3-4,8,10H2,(H3,32,33,34,35,36,37)/t20-/m1/s1. The molecule has 0 unspecified atom stereocenters. The van der Waals surface area contributed by atoms with Crippen molar-refractivity contribution in [2.45, 2.75) is 18.9 Å². The third-order valence-electron chi connectivity index (χ3n) is 6.73. The predicted octanol–water partition coefficient (Wildman–Crippen LogP) is 4.55. The fourth-order valence-electron chi connectivity index (χ4n) is 4.64. The Morgan fingerprint density at radius 1 is 1.05 bits per heavy atom. The number of alkyl halides is 2. The molecule has 0 radical (unpaired) electrons. The molecule has 1 aliphatic heterocycles. The van der Waals surface area contributed by atoms with Crippen molar-refractivity contribution >= 4 is 39.6 Å². The number of hydrogen-bond donors (Lipinski definition) is 3. The summed E-state index contributed by atoms with van der Waals surface area (Å²) in [5.41, 5.74) is 3.75. The number of halogens is 2. The molecular formula is C27H21F2N7O3. The minimum atomic E-state index is -2.99. The van der Waals surface area contributed by atoms with Gasteiger partial charge in [-0.05, 0) is 35.4 Å². The van der Waals surface area contributed by atoms with Crippen LogP contribution < -0.4 is 20.1 Å². The molecule has 1 atom stereocenters. The van der Waals surface area contributed by atoms with E-state index in [2.05, 4.69) is 35.6 Å². The quantitative estimate of drug-likeness (QED) is 0.304. The highest BCUT2D eigenvalue weighted by Gasteiger charge is 2.61. The van der Waals surface area contributed by atoms with E-state index in [-0.39, 0.29) is 5.95 Å². The number of ether oxygens (including phenoxy) is 2. The van der Waals surface area contributed by atoms with Gasteiger partial charge < -0.3 is 19.8 Å². The van der Waals surface area contributed by atoms with E-state index in [9.17, 15) is 13.6 Å². The number of H-pyrrole nitrogens is 1. The number of nitrogens with zero attached hydrogens (tertiary/aromatic N) is 4. The van der Waals surface area contributed by atoms with Gasteiger partial charge in [0.25, 0.3) is 5.92 Å². The SMILES string of the molecule is O=C(Nc1nc2c3c(c[nH]c3n1)-c1ccc3ncc(cc3c1)OCCOc1cncc(c1)CN2)[C@H]1CC1(F)F. The van der Waals surface area contributed by atoms with E-state index >= 15 is 0 Å². The first-order valence-corrected chi connectivity index (χ1v) is 12.3. The second-order valence-corrected chi connectivity index (χ2v) is 9.49. The first-order chi connectivity index (χ1) is 18.9. The average molecular weight is 530 g/mol. The minimum Gasteiger partial charge on any atom is -0.488 e. The van der Waals surface area contributed by atoms with Crippen LogP contribution in [0.4, 0.5) is 20.5 Å². The highest BCUT2D eigenvalue weighted by Crippen LogP contribution is 2.49. The van der Waals surface area contributed by atoms with Crippen molar-refractivity contribution in [2.75, 3.05) is 23.8 Å². The number of fused-ring (bicyclic) bond motifs is 5. The molecule has 1 fully saturated rings. The van der Waals surface area contributed by atoms with Gasteiger partial charge in [0, 0.05) is 36.3 Å². The summed E-state index contributed by atoms with van der Waals surface area (Å²) in [5, 5.41) is 7.30. The Labute approximate surface area is 219 Å². The van der Waals surface area contributed by atoms with Gasteiger partial charge in [-0.25, -0.2) is 8.78 Å². The molecule has 196 valence electrons. The van der Waals surface area contributed by atoms with Crippen LogP contribution in [0.2, 0.25) is 0 Å². The van der Waals surface area contributed by atoms with Gasteiger partial charge in [-0.3, -0.25) is 20.1 Å². The molecule has 1 amide bonds. The predicted molar refractivity (Wildman–Crippen MR) is 139 cm³/mol. The van der Waals surface area contributed by atoms with Gasteiger partial charge in [-0.2, -0.15) is 9.97 Å². The molecule has 0 saturated heterocycles. The second kappa shape index (κ2) is 8.86. The van der Waals surface area contributed by atoms with E-state index in [1.807, 2.05) is 30.3 Å². The molecule has 5 bridgehead atoms. The van der Waals surface area contributed by atoms with Crippen LogP contribution >= 0.6 is 0 Å². The zero-order valence-corrected chi connectivity index (χ0v) is 20.4. The van der Waals surface area contributed by atoms with Gasteiger partial charge in [0.05, 0.1) is 23.3 Å². The van der Waals surface area contributed by atoms with E-state index in [0.29, 0.717) is 48.1 Å². The maximum atomic E-state index is 13.5. The molecule has 1 saturated carbocycles. The number of hydrogen-bond acceptors (Lipinski definition) is 8. The summed E-state index contributed by atoms with van der Waals surface area (Å²) in [7, 11) is 0. The van der Waals surface area contributed by atoms with Gasteiger partial charge >= 0.3 is 0 Å². The van der Waals surface area contributed by atoms with Crippen LogP contribution in [0.3, 0.4) is 0 Å². The van der Waals surface area contributed by atoms with Crippen LogP contribution in [-0.4, -0.2) is 50.0 Å². The molecule has 3 N–H and O–H groups in total. The molecule has 1 aromatic carbocycles. The lowest BCUT2D eigenvalue weighted by Crippen LogP contribution is -2.19. The van der Waals surface area contributed by atoms with Crippen LogP contribution in [0.5, 0.6) is 11.5 Å². The Morgan fingerprint density at radius 3 is 2.69 bits per heavy atom. The number of benzene rings is 1. The van der Waals surface area contributed by atoms with Gasteiger partial charge in [-0.1, -0.05) is 6.07 Å². The molecular weight excluding hydrogens is 508 g/mol. The van der Waals surface area contributed by atoms with E-state index < -0.39 is 24.2 Å². The maximum absolute atomic E-state index is 13.5. The van der Waals surface area contributed by atoms with E-state index in [1.54, 1.807) is 24.8 Å². The molecule has 0 spiro atoms. The summed E-state index contributed by atoms with van der Waals surface area (Å²) in [6.45, 7) is 0.975. The topological polar surface area (TPSA) is 127 Å². The summed E-state index contributed by atoms with van der Waals surface area (Å²) in [6, 6.07) is 9.62. The highest BCUT2D eigenvalue weighted by atomic mass is 19.3. The lowest BCUT2D eigenvalue weighted by atomic mass is 10.0. The minimum absolute atomic E-state index is 0.0725. The smallest absolute Gasteiger partial charge is 0.260 e. The number of rotatable bonds is 2. The lowest BCUT2D eigenvalue weighted by molar-refractivity contribution is -0.119. The summed E-state index contributed by atoms with van der Waals surface area (Å²) >= 11 is 0. The van der Waals surface area contributed by atoms with Crippen molar-refractivity contribution in [3.05, 3.63) is 60.7 Å². The molecule has 5 heterocycles. The lowest BCUT2D eigenvalue weighted by Gasteiger charge is -2.12. The van der Waals surface area contributed by atoms with Crippen LogP contribution in [0.15, 0.2) is 55.1 Å². The van der Waals surface area contributed by atoms with Crippen LogP contribution in [-0.2, 0) is 11.3 Å². The van der Waals surface area contributed by atoms with Gasteiger partial charge in [-0.15, -0.1) is 0 Å². The Bertz CT molecular complexity index is 1760.